The molecule has 228 valence electrons. The Morgan fingerprint density at radius 2 is 1.70 bits per heavy atom. The summed E-state index contributed by atoms with van der Waals surface area (Å²) in [5.41, 5.74) is 7.44. The van der Waals surface area contributed by atoms with Gasteiger partial charge in [0.2, 0.25) is 0 Å². The zero-order valence-corrected chi connectivity index (χ0v) is 25.4. The van der Waals surface area contributed by atoms with Gasteiger partial charge in [-0.25, -0.2) is 0 Å². The molecule has 1 amide bonds. The number of amides is 1. The Morgan fingerprint density at radius 1 is 0.818 bits per heavy atom. The molecule has 0 spiro atoms. The van der Waals surface area contributed by atoms with E-state index < -0.39 is 0 Å². The monoisotopic (exact) mass is 590 g/mol. The second-order valence-corrected chi connectivity index (χ2v) is 11.7. The third kappa shape index (κ3) is 8.24. The van der Waals surface area contributed by atoms with E-state index in [1.54, 1.807) is 0 Å². The van der Waals surface area contributed by atoms with Gasteiger partial charge in [-0.1, -0.05) is 42.5 Å². The molecule has 2 aliphatic rings. The fourth-order valence-electron chi connectivity index (χ4n) is 6.06. The first-order valence-corrected chi connectivity index (χ1v) is 15.9. The highest BCUT2D eigenvalue weighted by atomic mass is 16.5. The molecule has 0 atom stereocenters. The van der Waals surface area contributed by atoms with Crippen LogP contribution in [0.3, 0.4) is 0 Å². The molecule has 6 rings (SSSR count). The smallest absolute Gasteiger partial charge is 0.251 e. The van der Waals surface area contributed by atoms with E-state index >= 15 is 0 Å². The Bertz CT molecular complexity index is 1520. The van der Waals surface area contributed by atoms with Crippen molar-refractivity contribution in [1.82, 2.24) is 15.2 Å². The molecular weight excluding hydrogens is 548 g/mol. The summed E-state index contributed by atoms with van der Waals surface area (Å²) in [6.07, 6.45) is 6.30. The first-order valence-electron chi connectivity index (χ1n) is 15.9. The molecule has 1 fully saturated rings. The number of carbonyl (C=O) groups excluding carboxylic acids is 1. The average Bonchev–Trinajstić information content (AvgIpc) is 3.06. The minimum Gasteiger partial charge on any atom is -0.491 e. The summed E-state index contributed by atoms with van der Waals surface area (Å²) in [4.78, 5) is 22.7. The highest BCUT2D eigenvalue weighted by Crippen LogP contribution is 2.25. The van der Waals surface area contributed by atoms with Crippen LogP contribution in [0.1, 0.15) is 57.6 Å². The van der Waals surface area contributed by atoms with Crippen molar-refractivity contribution in [3.05, 3.63) is 125 Å². The normalized spacial score (nSPS) is 16.3. The van der Waals surface area contributed by atoms with Crippen LogP contribution in [0.2, 0.25) is 0 Å². The topological polar surface area (TPSA) is 66.9 Å². The maximum Gasteiger partial charge on any atom is 0.251 e. The fraction of sp³-hybridized carbons (Fsp3) is 0.351. The summed E-state index contributed by atoms with van der Waals surface area (Å²) in [6.45, 7) is 6.63. The first kappa shape index (κ1) is 29.9. The van der Waals surface area contributed by atoms with E-state index in [0.29, 0.717) is 38.3 Å². The first-order chi connectivity index (χ1) is 21.7. The maximum atomic E-state index is 13.3. The average molecular weight is 591 g/mol. The van der Waals surface area contributed by atoms with Crippen molar-refractivity contribution in [2.24, 2.45) is 0 Å². The molecule has 2 aliphatic heterocycles. The molecule has 3 aromatic carbocycles. The van der Waals surface area contributed by atoms with Crippen molar-refractivity contribution in [1.29, 1.82) is 0 Å². The molecule has 44 heavy (non-hydrogen) atoms. The van der Waals surface area contributed by atoms with Crippen LogP contribution in [0.15, 0.2) is 91.1 Å². The Hall–Kier alpha value is -4.20. The third-order valence-electron chi connectivity index (χ3n) is 8.35. The molecule has 0 aliphatic carbocycles. The quantitative estimate of drug-likeness (QED) is 0.297. The largest absolute Gasteiger partial charge is 0.491 e. The van der Waals surface area contributed by atoms with Gasteiger partial charge >= 0.3 is 0 Å². The van der Waals surface area contributed by atoms with E-state index in [4.69, 9.17) is 9.47 Å². The third-order valence-corrected chi connectivity index (χ3v) is 8.35. The Labute approximate surface area is 260 Å². The zero-order chi connectivity index (χ0) is 30.0. The Morgan fingerprint density at radius 3 is 2.59 bits per heavy atom. The van der Waals surface area contributed by atoms with Crippen LogP contribution in [0.25, 0.3) is 0 Å². The lowest BCUT2D eigenvalue weighted by atomic mass is 9.99. The van der Waals surface area contributed by atoms with E-state index in [2.05, 4.69) is 74.7 Å². The summed E-state index contributed by atoms with van der Waals surface area (Å²) in [5, 5.41) is 3.14. The summed E-state index contributed by atoms with van der Waals surface area (Å²) in [7, 11) is 0. The maximum absolute atomic E-state index is 13.3. The van der Waals surface area contributed by atoms with Crippen molar-refractivity contribution >= 4 is 11.6 Å². The lowest BCUT2D eigenvalue weighted by molar-refractivity contribution is 0.0754. The van der Waals surface area contributed by atoms with E-state index in [1.807, 2.05) is 36.5 Å². The van der Waals surface area contributed by atoms with Crippen molar-refractivity contribution in [3.8, 4) is 5.75 Å². The fourth-order valence-corrected chi connectivity index (χ4v) is 6.06. The predicted octanol–water partition coefficient (Wildman–Crippen LogP) is 6.00. The number of piperidine rings is 1. The van der Waals surface area contributed by atoms with Crippen molar-refractivity contribution in [2.75, 3.05) is 44.4 Å². The summed E-state index contributed by atoms with van der Waals surface area (Å²) in [6, 6.07) is 29.0. The molecule has 1 saturated heterocycles. The number of benzene rings is 3. The highest BCUT2D eigenvalue weighted by molar-refractivity contribution is 5.94. The predicted molar refractivity (Wildman–Crippen MR) is 174 cm³/mol. The molecule has 2 bridgehead atoms. The van der Waals surface area contributed by atoms with Gasteiger partial charge in [-0.3, -0.25) is 14.7 Å². The minimum atomic E-state index is -0.0853. The van der Waals surface area contributed by atoms with Gasteiger partial charge in [-0.05, 0) is 84.0 Å². The minimum absolute atomic E-state index is 0.0853. The number of hydrogen-bond acceptors (Lipinski definition) is 6. The van der Waals surface area contributed by atoms with Crippen molar-refractivity contribution < 1.29 is 14.3 Å². The summed E-state index contributed by atoms with van der Waals surface area (Å²) >= 11 is 0. The van der Waals surface area contributed by atoms with Gasteiger partial charge < -0.3 is 19.7 Å². The molecule has 1 N–H and O–H groups in total. The number of hydrogen-bond donors (Lipinski definition) is 1. The van der Waals surface area contributed by atoms with Gasteiger partial charge in [0.25, 0.3) is 5.91 Å². The van der Waals surface area contributed by atoms with Crippen molar-refractivity contribution in [2.45, 2.75) is 45.3 Å². The Balaban J connectivity index is 1.16. The van der Waals surface area contributed by atoms with Gasteiger partial charge in [0.05, 0.1) is 18.9 Å². The molecule has 0 unspecified atom stereocenters. The lowest BCUT2D eigenvalue weighted by Gasteiger charge is -2.29. The number of aromatic nitrogens is 1. The summed E-state index contributed by atoms with van der Waals surface area (Å²) < 4.78 is 12.1. The molecule has 0 radical (unpaired) electrons. The number of ether oxygens (including phenoxy) is 2. The second-order valence-electron chi connectivity index (χ2n) is 11.7. The van der Waals surface area contributed by atoms with Crippen LogP contribution in [0.5, 0.6) is 5.75 Å². The number of carbonyl (C=O) groups is 1. The molecule has 7 heteroatoms. The molecule has 3 heterocycles. The van der Waals surface area contributed by atoms with E-state index in [1.165, 1.54) is 36.1 Å². The molecule has 4 aromatic rings. The van der Waals surface area contributed by atoms with Crippen LogP contribution in [0, 0.1) is 0 Å². The van der Waals surface area contributed by atoms with Crippen LogP contribution in [0.4, 0.5) is 5.69 Å². The number of rotatable bonds is 6. The van der Waals surface area contributed by atoms with Gasteiger partial charge in [0.15, 0.2) is 0 Å². The molecule has 1 aromatic heterocycles. The lowest BCUT2D eigenvalue weighted by Crippen LogP contribution is -2.29. The molecule has 0 saturated carbocycles. The summed E-state index contributed by atoms with van der Waals surface area (Å²) in [5.74, 6) is 0.705. The van der Waals surface area contributed by atoms with E-state index in [9.17, 15) is 4.79 Å². The number of nitrogens with zero attached hydrogens (tertiary/aromatic N) is 3. The number of pyridine rings is 1. The number of fused-ring (bicyclic) bond motifs is 3. The van der Waals surface area contributed by atoms with Crippen molar-refractivity contribution in [3.63, 3.8) is 0 Å². The van der Waals surface area contributed by atoms with Crippen LogP contribution in [-0.4, -0.2) is 55.2 Å². The van der Waals surface area contributed by atoms with E-state index in [0.717, 1.165) is 55.3 Å². The number of anilines is 1. The van der Waals surface area contributed by atoms with E-state index in [-0.39, 0.29) is 5.91 Å². The number of nitrogens with one attached hydrogen (secondary N) is 1. The second kappa shape index (κ2) is 15.0. The zero-order valence-electron chi connectivity index (χ0n) is 25.4. The van der Waals surface area contributed by atoms with Crippen LogP contribution in [-0.2, 0) is 30.8 Å². The standard InChI is InChI=1S/C37H42N4O3/c42-37(39-26-30-9-7-12-35(24-30)41-16-4-1-5-17-41)32-13-14-36-33(25-32)23-29-8-6-10-31(22-29)27-40(18-19-43-20-21-44-36)28-34-11-2-3-15-38-34/h2-3,6-15,22,24-25H,1,4-5,16-21,23,26-28H2,(H,39,42). The van der Waals surface area contributed by atoms with Gasteiger partial charge in [0, 0.05) is 63.1 Å². The van der Waals surface area contributed by atoms with Gasteiger partial charge in [-0.2, -0.15) is 0 Å². The SMILES string of the molecule is O=C(NCc1cccc(N2CCCCC2)c1)c1ccc2c(c1)Cc1cccc(c1)CN(Cc1ccccn1)CCOCCO2. The van der Waals surface area contributed by atoms with Gasteiger partial charge in [-0.15, -0.1) is 0 Å². The highest BCUT2D eigenvalue weighted by Gasteiger charge is 2.15. The van der Waals surface area contributed by atoms with Gasteiger partial charge in [0.1, 0.15) is 12.4 Å². The Kier molecular flexibility index (Phi) is 10.2. The van der Waals surface area contributed by atoms with Crippen LogP contribution < -0.4 is 15.0 Å². The van der Waals surface area contributed by atoms with Crippen LogP contribution >= 0.6 is 0 Å². The molecular formula is C37H42N4O3. The molecule has 7 nitrogen and oxygen atoms in total.